The minimum atomic E-state index is -4.09. The van der Waals surface area contributed by atoms with Gasteiger partial charge in [-0.3, -0.25) is 9.48 Å². The second-order valence-corrected chi connectivity index (χ2v) is 8.17. The molecule has 134 valence electrons. The van der Waals surface area contributed by atoms with Crippen molar-refractivity contribution in [1.82, 2.24) is 14.1 Å². The van der Waals surface area contributed by atoms with Crippen LogP contribution in [0.4, 0.5) is 8.78 Å². The number of nitrogens with zero attached hydrogens (tertiary/aromatic N) is 3. The summed E-state index contributed by atoms with van der Waals surface area (Å²) in [6.07, 6.45) is 2.94. The second-order valence-electron chi connectivity index (χ2n) is 6.33. The fourth-order valence-electron chi connectivity index (χ4n) is 3.82. The third-order valence-electron chi connectivity index (χ3n) is 4.82. The summed E-state index contributed by atoms with van der Waals surface area (Å²) in [5.74, 6) is -1.14. The van der Waals surface area contributed by atoms with Crippen molar-refractivity contribution in [3.05, 3.63) is 12.4 Å². The molecule has 1 N–H and O–H groups in total. The molecular formula is C14H19F2N3O4S. The first kappa shape index (κ1) is 17.3. The van der Waals surface area contributed by atoms with E-state index in [1.165, 1.54) is 0 Å². The van der Waals surface area contributed by atoms with E-state index in [1.54, 1.807) is 0 Å². The van der Waals surface area contributed by atoms with Crippen LogP contribution in [0.1, 0.15) is 32.1 Å². The van der Waals surface area contributed by atoms with Crippen molar-refractivity contribution in [3.63, 3.8) is 0 Å². The molecular weight excluding hydrogens is 344 g/mol. The van der Waals surface area contributed by atoms with Crippen molar-refractivity contribution in [2.45, 2.75) is 62.1 Å². The molecule has 1 saturated heterocycles. The van der Waals surface area contributed by atoms with Crippen LogP contribution in [0.25, 0.3) is 0 Å². The normalized spacial score (nSPS) is 28.2. The van der Waals surface area contributed by atoms with Gasteiger partial charge >= 0.3 is 5.97 Å². The number of alkyl halides is 2. The molecule has 1 aliphatic heterocycles. The molecule has 2 fully saturated rings. The number of aromatic nitrogens is 2. The summed E-state index contributed by atoms with van der Waals surface area (Å²) in [5, 5.41) is 13.1. The first-order valence-corrected chi connectivity index (χ1v) is 9.31. The molecule has 7 nitrogen and oxygen atoms in total. The van der Waals surface area contributed by atoms with Gasteiger partial charge in [-0.15, -0.1) is 0 Å². The monoisotopic (exact) mass is 363 g/mol. The molecule has 1 saturated carbocycles. The third-order valence-corrected chi connectivity index (χ3v) is 6.71. The molecule has 0 spiro atoms. The van der Waals surface area contributed by atoms with E-state index >= 15 is 0 Å². The van der Waals surface area contributed by atoms with Crippen molar-refractivity contribution in [2.75, 3.05) is 0 Å². The van der Waals surface area contributed by atoms with E-state index in [0.717, 1.165) is 40.6 Å². The first-order valence-electron chi connectivity index (χ1n) is 7.87. The third kappa shape index (κ3) is 3.04. The predicted octanol–water partition coefficient (Wildman–Crippen LogP) is 1.55. The Labute approximate surface area is 138 Å². The molecule has 0 bridgehead atoms. The second kappa shape index (κ2) is 6.40. The molecule has 1 aromatic heterocycles. The maximum atomic E-state index is 12.9. The van der Waals surface area contributed by atoms with Gasteiger partial charge in [0, 0.05) is 12.2 Å². The largest absolute Gasteiger partial charge is 0.480 e. The van der Waals surface area contributed by atoms with Crippen LogP contribution in [0, 0.1) is 5.92 Å². The lowest BCUT2D eigenvalue weighted by molar-refractivity contribution is -0.141. The number of sulfonamides is 1. The molecule has 0 amide bonds. The number of fused-ring (bicyclic) bond motifs is 1. The quantitative estimate of drug-likeness (QED) is 0.857. The number of carboxylic acids is 1. The summed E-state index contributed by atoms with van der Waals surface area (Å²) in [5.41, 5.74) is 0. The molecule has 3 unspecified atom stereocenters. The Kier molecular flexibility index (Phi) is 4.60. The molecule has 1 aliphatic carbocycles. The Morgan fingerprint density at radius 1 is 1.38 bits per heavy atom. The van der Waals surface area contributed by atoms with Gasteiger partial charge in [-0.2, -0.15) is 9.40 Å². The minimum absolute atomic E-state index is 0.0331. The molecule has 2 heterocycles. The summed E-state index contributed by atoms with van der Waals surface area (Å²) in [6.45, 7) is -0.704. The van der Waals surface area contributed by atoms with Crippen LogP contribution < -0.4 is 0 Å². The zero-order valence-electron chi connectivity index (χ0n) is 12.9. The molecule has 0 aromatic carbocycles. The van der Waals surface area contributed by atoms with E-state index in [0.29, 0.717) is 12.8 Å². The van der Waals surface area contributed by atoms with E-state index in [2.05, 4.69) is 5.10 Å². The highest BCUT2D eigenvalue weighted by Gasteiger charge is 2.51. The van der Waals surface area contributed by atoms with E-state index in [-0.39, 0.29) is 16.9 Å². The number of halogens is 2. The van der Waals surface area contributed by atoms with Crippen LogP contribution in [0.5, 0.6) is 0 Å². The number of hydrogen-bond acceptors (Lipinski definition) is 4. The van der Waals surface area contributed by atoms with E-state index in [1.807, 2.05) is 0 Å². The topological polar surface area (TPSA) is 92.5 Å². The average molecular weight is 363 g/mol. The number of carbonyl (C=O) groups is 1. The standard InChI is InChI=1S/C14H19F2N3O4S/c15-13(16)8-18-7-10(6-17-18)24(22,23)19-11-4-2-1-3-9(11)5-12(19)14(20)21/h6-7,9,11-13H,1-5,8H2,(H,20,21). The molecule has 0 radical (unpaired) electrons. The van der Waals surface area contributed by atoms with Crippen molar-refractivity contribution < 1.29 is 27.1 Å². The smallest absolute Gasteiger partial charge is 0.322 e. The van der Waals surface area contributed by atoms with Gasteiger partial charge in [0.1, 0.15) is 17.5 Å². The lowest BCUT2D eigenvalue weighted by Crippen LogP contribution is -2.46. The number of hydrogen-bond donors (Lipinski definition) is 1. The maximum Gasteiger partial charge on any atom is 0.322 e. The van der Waals surface area contributed by atoms with Crippen LogP contribution in [-0.4, -0.2) is 52.1 Å². The maximum absolute atomic E-state index is 12.9. The highest BCUT2D eigenvalue weighted by Crippen LogP contribution is 2.42. The molecule has 24 heavy (non-hydrogen) atoms. The van der Waals surface area contributed by atoms with Gasteiger partial charge in [0.25, 0.3) is 6.43 Å². The van der Waals surface area contributed by atoms with Crippen molar-refractivity contribution >= 4 is 16.0 Å². The van der Waals surface area contributed by atoms with Gasteiger partial charge in [-0.05, 0) is 25.2 Å². The molecule has 1 aromatic rings. The Morgan fingerprint density at radius 3 is 2.75 bits per heavy atom. The molecule has 3 rings (SSSR count). The Hall–Kier alpha value is -1.55. The fourth-order valence-corrected chi connectivity index (χ4v) is 5.64. The predicted molar refractivity (Wildman–Crippen MR) is 79.0 cm³/mol. The van der Waals surface area contributed by atoms with Gasteiger partial charge in [-0.1, -0.05) is 12.8 Å². The highest BCUT2D eigenvalue weighted by atomic mass is 32.2. The van der Waals surface area contributed by atoms with Crippen LogP contribution in [0.15, 0.2) is 17.3 Å². The van der Waals surface area contributed by atoms with Crippen LogP contribution in [0.2, 0.25) is 0 Å². The Bertz CT molecular complexity index is 721. The van der Waals surface area contributed by atoms with Gasteiger partial charge in [0.2, 0.25) is 10.0 Å². The zero-order chi connectivity index (χ0) is 17.5. The number of rotatable bonds is 5. The van der Waals surface area contributed by atoms with Gasteiger partial charge in [-0.25, -0.2) is 17.2 Å². The Morgan fingerprint density at radius 2 is 2.08 bits per heavy atom. The molecule has 10 heteroatoms. The minimum Gasteiger partial charge on any atom is -0.480 e. The van der Waals surface area contributed by atoms with Gasteiger partial charge in [0.05, 0.1) is 6.20 Å². The van der Waals surface area contributed by atoms with Crippen LogP contribution in [-0.2, 0) is 21.4 Å². The summed E-state index contributed by atoms with van der Waals surface area (Å²) in [7, 11) is -4.09. The number of aliphatic carboxylic acids is 1. The number of carboxylic acid groups (broad SMARTS) is 1. The summed E-state index contributed by atoms with van der Waals surface area (Å²) in [6, 6.07) is -1.45. The van der Waals surface area contributed by atoms with Crippen LogP contribution in [0.3, 0.4) is 0 Å². The first-order chi connectivity index (χ1) is 11.3. The average Bonchev–Trinajstić information content (AvgIpc) is 3.11. The van der Waals surface area contributed by atoms with Crippen molar-refractivity contribution in [1.29, 1.82) is 0 Å². The van der Waals surface area contributed by atoms with Crippen LogP contribution >= 0.6 is 0 Å². The summed E-state index contributed by atoms with van der Waals surface area (Å²) < 4.78 is 52.6. The Balaban J connectivity index is 1.93. The summed E-state index contributed by atoms with van der Waals surface area (Å²) >= 11 is 0. The SMILES string of the molecule is O=C(O)C1CC2CCCCC2N1S(=O)(=O)c1cnn(CC(F)F)c1. The van der Waals surface area contributed by atoms with Crippen molar-refractivity contribution in [3.8, 4) is 0 Å². The fraction of sp³-hybridized carbons (Fsp3) is 0.714. The summed E-state index contributed by atoms with van der Waals surface area (Å²) in [4.78, 5) is 11.3. The lowest BCUT2D eigenvalue weighted by atomic mass is 9.85. The highest BCUT2D eigenvalue weighted by molar-refractivity contribution is 7.89. The zero-order valence-corrected chi connectivity index (χ0v) is 13.7. The molecule has 2 aliphatic rings. The van der Waals surface area contributed by atoms with E-state index < -0.39 is 35.0 Å². The van der Waals surface area contributed by atoms with Gasteiger partial charge < -0.3 is 5.11 Å². The lowest BCUT2D eigenvalue weighted by Gasteiger charge is -2.31. The van der Waals surface area contributed by atoms with E-state index in [4.69, 9.17) is 0 Å². The van der Waals surface area contributed by atoms with Gasteiger partial charge in [0.15, 0.2) is 0 Å². The molecule has 3 atom stereocenters. The van der Waals surface area contributed by atoms with Crippen molar-refractivity contribution in [2.24, 2.45) is 5.92 Å². The van der Waals surface area contributed by atoms with E-state index in [9.17, 15) is 27.1 Å².